The molecule has 1 aliphatic heterocycles. The van der Waals surface area contributed by atoms with Crippen molar-refractivity contribution in [1.82, 2.24) is 20.4 Å². The van der Waals surface area contributed by atoms with Crippen LogP contribution in [0.5, 0.6) is 5.75 Å². The number of carbonyl (C=O) groups excluding carboxylic acids is 1. The molecule has 2 amide bonds. The number of benzene rings is 1. The van der Waals surface area contributed by atoms with Gasteiger partial charge in [0.1, 0.15) is 11.8 Å². The van der Waals surface area contributed by atoms with Gasteiger partial charge in [-0.05, 0) is 30.9 Å². The van der Waals surface area contributed by atoms with Gasteiger partial charge in [-0.25, -0.2) is 4.79 Å². The van der Waals surface area contributed by atoms with E-state index >= 15 is 0 Å². The fourth-order valence-corrected chi connectivity index (χ4v) is 2.97. The molecule has 0 aliphatic carbocycles. The number of urea groups is 1. The van der Waals surface area contributed by atoms with Crippen LogP contribution < -0.4 is 10.1 Å². The average molecular weight is 344 g/mol. The Balaban J connectivity index is 1.78. The van der Waals surface area contributed by atoms with Gasteiger partial charge in [0.2, 0.25) is 11.7 Å². The molecule has 1 N–H and O–H groups in total. The van der Waals surface area contributed by atoms with Crippen LogP contribution in [0.1, 0.15) is 38.6 Å². The zero-order valence-electron chi connectivity index (χ0n) is 14.9. The Morgan fingerprint density at radius 3 is 3.00 bits per heavy atom. The van der Waals surface area contributed by atoms with E-state index in [1.54, 1.807) is 12.0 Å². The van der Waals surface area contributed by atoms with E-state index in [2.05, 4.69) is 29.3 Å². The van der Waals surface area contributed by atoms with Crippen molar-refractivity contribution in [1.29, 1.82) is 0 Å². The summed E-state index contributed by atoms with van der Waals surface area (Å²) in [5, 5.41) is 7.04. The summed E-state index contributed by atoms with van der Waals surface area (Å²) in [7, 11) is 1.61. The largest absolute Gasteiger partial charge is 0.496 e. The molecule has 2 heterocycles. The second-order valence-electron chi connectivity index (χ2n) is 6.59. The molecule has 25 heavy (non-hydrogen) atoms. The molecule has 1 unspecified atom stereocenters. The third-order valence-electron chi connectivity index (χ3n) is 4.25. The molecule has 0 saturated carbocycles. The molecule has 134 valence electrons. The fraction of sp³-hybridized carbons (Fsp3) is 0.500. The lowest BCUT2D eigenvalue weighted by atomic mass is 10.2. The number of rotatable bonds is 5. The Morgan fingerprint density at radius 1 is 1.44 bits per heavy atom. The van der Waals surface area contributed by atoms with E-state index in [1.165, 1.54) is 0 Å². The minimum Gasteiger partial charge on any atom is -0.496 e. The third-order valence-corrected chi connectivity index (χ3v) is 4.25. The average Bonchev–Trinajstić information content (AvgIpc) is 3.28. The second-order valence-corrected chi connectivity index (χ2v) is 6.59. The molecular weight excluding hydrogens is 320 g/mol. The maximum absolute atomic E-state index is 12.4. The Bertz CT molecular complexity index is 729. The highest BCUT2D eigenvalue weighted by molar-refractivity contribution is 5.75. The monoisotopic (exact) mass is 344 g/mol. The number of ether oxygens (including phenoxy) is 1. The summed E-state index contributed by atoms with van der Waals surface area (Å²) in [6, 6.07) is 7.27. The number of carbonyl (C=O) groups is 1. The van der Waals surface area contributed by atoms with Gasteiger partial charge in [-0.2, -0.15) is 4.98 Å². The van der Waals surface area contributed by atoms with Gasteiger partial charge in [0.25, 0.3) is 0 Å². The van der Waals surface area contributed by atoms with E-state index in [0.717, 1.165) is 18.4 Å². The van der Waals surface area contributed by atoms with E-state index in [9.17, 15) is 4.79 Å². The molecule has 1 aromatic heterocycles. The van der Waals surface area contributed by atoms with Gasteiger partial charge in [-0.3, -0.25) is 0 Å². The molecule has 0 spiro atoms. The summed E-state index contributed by atoms with van der Waals surface area (Å²) in [5.41, 5.74) is 0.772. The zero-order chi connectivity index (χ0) is 17.8. The number of hydrogen-bond acceptors (Lipinski definition) is 5. The van der Waals surface area contributed by atoms with E-state index in [0.29, 0.717) is 36.5 Å². The number of nitrogens with one attached hydrogen (secondary N) is 1. The van der Waals surface area contributed by atoms with Crippen molar-refractivity contribution >= 4 is 6.03 Å². The van der Waals surface area contributed by atoms with Crippen molar-refractivity contribution in [3.63, 3.8) is 0 Å². The fourth-order valence-electron chi connectivity index (χ4n) is 2.97. The molecule has 1 aliphatic rings. The van der Waals surface area contributed by atoms with Crippen molar-refractivity contribution in [2.75, 3.05) is 20.2 Å². The molecule has 7 heteroatoms. The summed E-state index contributed by atoms with van der Waals surface area (Å²) in [6.07, 6.45) is 1.74. The first-order valence-corrected chi connectivity index (χ1v) is 8.61. The summed E-state index contributed by atoms with van der Waals surface area (Å²) in [4.78, 5) is 18.7. The second kappa shape index (κ2) is 7.55. The molecule has 2 aromatic rings. The van der Waals surface area contributed by atoms with E-state index in [1.807, 2.05) is 24.3 Å². The van der Waals surface area contributed by atoms with E-state index < -0.39 is 0 Å². The Kier molecular flexibility index (Phi) is 5.21. The quantitative estimate of drug-likeness (QED) is 0.900. The first-order chi connectivity index (χ1) is 12.1. The summed E-state index contributed by atoms with van der Waals surface area (Å²) < 4.78 is 10.8. The van der Waals surface area contributed by atoms with Crippen LogP contribution in [-0.2, 0) is 0 Å². The number of likely N-dealkylation sites (tertiary alicyclic amines) is 1. The molecule has 1 aromatic carbocycles. The molecular formula is C18H24N4O3. The molecule has 3 rings (SSSR count). The van der Waals surface area contributed by atoms with Crippen LogP contribution >= 0.6 is 0 Å². The smallest absolute Gasteiger partial charge is 0.318 e. The zero-order valence-corrected chi connectivity index (χ0v) is 14.9. The van der Waals surface area contributed by atoms with Gasteiger partial charge < -0.3 is 19.5 Å². The maximum Gasteiger partial charge on any atom is 0.318 e. The van der Waals surface area contributed by atoms with Crippen LogP contribution in [0.2, 0.25) is 0 Å². The van der Waals surface area contributed by atoms with Crippen molar-refractivity contribution < 1.29 is 14.1 Å². The topological polar surface area (TPSA) is 80.5 Å². The highest BCUT2D eigenvalue weighted by Gasteiger charge is 2.34. The third kappa shape index (κ3) is 3.75. The summed E-state index contributed by atoms with van der Waals surface area (Å²) >= 11 is 0. The number of para-hydroxylation sites is 1. The Labute approximate surface area is 147 Å². The van der Waals surface area contributed by atoms with Gasteiger partial charge in [0.05, 0.1) is 12.7 Å². The first-order valence-electron chi connectivity index (χ1n) is 8.61. The number of nitrogens with zero attached hydrogens (tertiary/aromatic N) is 3. The SMILES string of the molecule is COc1ccccc1-c1noc(C2CCCN2C(=O)NCC(C)C)n1. The molecule has 1 atom stereocenters. The summed E-state index contributed by atoms with van der Waals surface area (Å²) in [5.74, 6) is 2.04. The van der Waals surface area contributed by atoms with Gasteiger partial charge in [0, 0.05) is 13.1 Å². The minimum atomic E-state index is -0.178. The van der Waals surface area contributed by atoms with E-state index in [4.69, 9.17) is 9.26 Å². The normalized spacial score (nSPS) is 17.1. The maximum atomic E-state index is 12.4. The molecule has 0 bridgehead atoms. The highest BCUT2D eigenvalue weighted by Crippen LogP contribution is 2.33. The van der Waals surface area contributed by atoms with Crippen LogP contribution in [0.15, 0.2) is 28.8 Å². The number of hydrogen-bond donors (Lipinski definition) is 1. The number of amides is 2. The van der Waals surface area contributed by atoms with Gasteiger partial charge in [-0.1, -0.05) is 31.1 Å². The van der Waals surface area contributed by atoms with Crippen LogP contribution in [-0.4, -0.2) is 41.3 Å². The lowest BCUT2D eigenvalue weighted by Crippen LogP contribution is -2.41. The lowest BCUT2D eigenvalue weighted by Gasteiger charge is -2.22. The molecule has 7 nitrogen and oxygen atoms in total. The minimum absolute atomic E-state index is 0.0757. The van der Waals surface area contributed by atoms with Crippen LogP contribution in [0.4, 0.5) is 4.79 Å². The van der Waals surface area contributed by atoms with Crippen molar-refractivity contribution in [2.45, 2.75) is 32.7 Å². The highest BCUT2D eigenvalue weighted by atomic mass is 16.5. The van der Waals surface area contributed by atoms with Crippen LogP contribution in [0, 0.1) is 5.92 Å². The van der Waals surface area contributed by atoms with Gasteiger partial charge in [-0.15, -0.1) is 0 Å². The van der Waals surface area contributed by atoms with E-state index in [-0.39, 0.29) is 12.1 Å². The number of methoxy groups -OCH3 is 1. The summed E-state index contributed by atoms with van der Waals surface area (Å²) in [6.45, 7) is 5.48. The number of aromatic nitrogens is 2. The lowest BCUT2D eigenvalue weighted by molar-refractivity contribution is 0.179. The van der Waals surface area contributed by atoms with Gasteiger partial charge >= 0.3 is 6.03 Å². The van der Waals surface area contributed by atoms with Crippen LogP contribution in [0.25, 0.3) is 11.4 Å². The molecule has 0 radical (unpaired) electrons. The van der Waals surface area contributed by atoms with Crippen molar-refractivity contribution in [2.24, 2.45) is 5.92 Å². The molecule has 1 fully saturated rings. The Morgan fingerprint density at radius 2 is 2.24 bits per heavy atom. The Hall–Kier alpha value is -2.57. The van der Waals surface area contributed by atoms with Crippen LogP contribution in [0.3, 0.4) is 0 Å². The predicted octanol–water partition coefficient (Wildman–Crippen LogP) is 3.25. The predicted molar refractivity (Wildman–Crippen MR) is 93.2 cm³/mol. The first kappa shape index (κ1) is 17.3. The molecule has 1 saturated heterocycles. The van der Waals surface area contributed by atoms with Gasteiger partial charge in [0.15, 0.2) is 0 Å². The standard InChI is InChI=1S/C18H24N4O3/c1-12(2)11-19-18(23)22-10-6-8-14(22)17-20-16(21-25-17)13-7-4-5-9-15(13)24-3/h4-5,7,9,12,14H,6,8,10-11H2,1-3H3,(H,19,23). The van der Waals surface area contributed by atoms with Crippen molar-refractivity contribution in [3.05, 3.63) is 30.2 Å². The van der Waals surface area contributed by atoms with Crippen molar-refractivity contribution in [3.8, 4) is 17.1 Å².